The van der Waals surface area contributed by atoms with Crippen LogP contribution in [0.2, 0.25) is 0 Å². The molecule has 2 rings (SSSR count). The Labute approximate surface area is 168 Å². The highest BCUT2D eigenvalue weighted by Crippen LogP contribution is 2.36. The molecule has 0 aliphatic heterocycles. The number of carbonyl (C=O) groups excluding carboxylic acids is 1. The van der Waals surface area contributed by atoms with E-state index in [1.54, 1.807) is 6.08 Å². The van der Waals surface area contributed by atoms with Crippen LogP contribution in [0.5, 0.6) is 0 Å². The van der Waals surface area contributed by atoms with Gasteiger partial charge in [0.2, 0.25) is 0 Å². The minimum absolute atomic E-state index is 0.0617. The molecule has 0 radical (unpaired) electrons. The van der Waals surface area contributed by atoms with Gasteiger partial charge in [-0.3, -0.25) is 9.59 Å². The summed E-state index contributed by atoms with van der Waals surface area (Å²) in [5.74, 6) is 0.904. The van der Waals surface area contributed by atoms with Gasteiger partial charge >= 0.3 is 5.97 Å². The number of aliphatic hydroxyl groups is 2. The van der Waals surface area contributed by atoms with Crippen LogP contribution in [0.1, 0.15) is 24.8 Å². The molecule has 0 unspecified atom stereocenters. The Morgan fingerprint density at radius 1 is 1.19 bits per heavy atom. The van der Waals surface area contributed by atoms with Crippen LogP contribution < -0.4 is 0 Å². The van der Waals surface area contributed by atoms with Crippen molar-refractivity contribution in [1.82, 2.24) is 0 Å². The Balaban J connectivity index is 1.81. The van der Waals surface area contributed by atoms with E-state index in [0.29, 0.717) is 12.8 Å². The van der Waals surface area contributed by atoms with E-state index >= 15 is 0 Å². The third-order valence-electron chi connectivity index (χ3n) is 4.42. The summed E-state index contributed by atoms with van der Waals surface area (Å²) in [6.07, 6.45) is 2.95. The second-order valence-corrected chi connectivity index (χ2v) is 8.94. The predicted octanol–water partition coefficient (Wildman–Crippen LogP) is 3.32. The Morgan fingerprint density at radius 2 is 1.93 bits per heavy atom. The zero-order chi connectivity index (χ0) is 19.6. The van der Waals surface area contributed by atoms with Crippen LogP contribution in [0.3, 0.4) is 0 Å². The minimum atomic E-state index is -0.816. The monoisotopic (exact) mass is 410 g/mol. The van der Waals surface area contributed by atoms with E-state index in [4.69, 9.17) is 5.11 Å². The molecule has 1 aliphatic rings. The van der Waals surface area contributed by atoms with Crippen LogP contribution in [-0.4, -0.2) is 55.7 Å². The smallest absolute Gasteiger partial charge is 0.313 e. The first-order valence-corrected chi connectivity index (χ1v) is 11.2. The summed E-state index contributed by atoms with van der Waals surface area (Å²) in [6.45, 7) is 0. The number of aliphatic carboxylic acids is 1. The Bertz CT molecular complexity index is 647. The van der Waals surface area contributed by atoms with Crippen molar-refractivity contribution in [2.24, 2.45) is 5.92 Å². The zero-order valence-electron chi connectivity index (χ0n) is 15.1. The van der Waals surface area contributed by atoms with Crippen molar-refractivity contribution in [3.05, 3.63) is 47.7 Å². The molecule has 7 heteroatoms. The third kappa shape index (κ3) is 7.60. The highest BCUT2D eigenvalue weighted by molar-refractivity contribution is 8.01. The van der Waals surface area contributed by atoms with Gasteiger partial charge < -0.3 is 15.3 Å². The molecule has 3 atom stereocenters. The lowest BCUT2D eigenvalue weighted by atomic mass is 10.00. The highest BCUT2D eigenvalue weighted by Gasteiger charge is 2.40. The molecule has 1 aromatic carbocycles. The van der Waals surface area contributed by atoms with Crippen LogP contribution in [0.15, 0.2) is 42.2 Å². The van der Waals surface area contributed by atoms with Crippen molar-refractivity contribution in [2.75, 3.05) is 17.3 Å². The molecule has 3 N–H and O–H groups in total. The number of carboxylic acids is 1. The van der Waals surface area contributed by atoms with Gasteiger partial charge in [-0.2, -0.15) is 23.5 Å². The quantitative estimate of drug-likeness (QED) is 0.380. The second-order valence-electron chi connectivity index (χ2n) is 6.59. The molecule has 1 aliphatic carbocycles. The fraction of sp³-hybridized carbons (Fsp3) is 0.500. The molecule has 1 saturated carbocycles. The van der Waals surface area contributed by atoms with Crippen molar-refractivity contribution in [3.8, 4) is 0 Å². The Kier molecular flexibility index (Phi) is 9.24. The molecule has 148 valence electrons. The van der Waals surface area contributed by atoms with Gasteiger partial charge in [0.05, 0.1) is 22.9 Å². The number of hydrogen-bond acceptors (Lipinski definition) is 6. The number of benzene rings is 1. The minimum Gasteiger partial charge on any atom is -0.512 e. The fourth-order valence-electron chi connectivity index (χ4n) is 3.09. The number of rotatable bonds is 11. The van der Waals surface area contributed by atoms with Gasteiger partial charge in [0, 0.05) is 18.8 Å². The highest BCUT2D eigenvalue weighted by atomic mass is 32.2. The van der Waals surface area contributed by atoms with Crippen molar-refractivity contribution in [2.45, 2.75) is 37.0 Å². The largest absolute Gasteiger partial charge is 0.512 e. The summed E-state index contributed by atoms with van der Waals surface area (Å²) in [4.78, 5) is 22.7. The van der Waals surface area contributed by atoms with E-state index in [0.717, 1.165) is 23.5 Å². The van der Waals surface area contributed by atoms with E-state index in [2.05, 4.69) is 0 Å². The van der Waals surface area contributed by atoms with E-state index in [1.807, 2.05) is 30.3 Å². The number of thioether (sulfide) groups is 2. The SMILES string of the molecule is O=C(O)CSCCCS[C@H]1C(=O)C[C@@H](O)[C@@H]1CC=C(O)Cc1ccccc1. The van der Waals surface area contributed by atoms with Crippen LogP contribution in [-0.2, 0) is 16.0 Å². The lowest BCUT2D eigenvalue weighted by molar-refractivity contribution is -0.133. The maximum absolute atomic E-state index is 12.2. The number of carbonyl (C=O) groups is 2. The van der Waals surface area contributed by atoms with E-state index in [-0.39, 0.29) is 34.9 Å². The molecule has 0 saturated heterocycles. The van der Waals surface area contributed by atoms with Crippen LogP contribution in [0, 0.1) is 5.92 Å². The average molecular weight is 411 g/mol. The number of hydrogen-bond donors (Lipinski definition) is 3. The first-order valence-electron chi connectivity index (χ1n) is 9.01. The molecular weight excluding hydrogens is 384 g/mol. The van der Waals surface area contributed by atoms with Gasteiger partial charge in [-0.1, -0.05) is 30.3 Å². The van der Waals surface area contributed by atoms with E-state index in [9.17, 15) is 19.8 Å². The first-order chi connectivity index (χ1) is 13.0. The lowest BCUT2D eigenvalue weighted by Gasteiger charge is -2.19. The van der Waals surface area contributed by atoms with Crippen LogP contribution in [0.4, 0.5) is 0 Å². The summed E-state index contributed by atoms with van der Waals surface area (Å²) in [5.41, 5.74) is 1.01. The lowest BCUT2D eigenvalue weighted by Crippen LogP contribution is -2.23. The molecule has 0 spiro atoms. The number of Topliss-reactive ketones (excluding diaryl/α,β-unsaturated/α-hetero) is 1. The summed E-state index contributed by atoms with van der Waals surface area (Å²) >= 11 is 2.91. The van der Waals surface area contributed by atoms with Crippen molar-refractivity contribution >= 4 is 35.3 Å². The number of carboxylic acid groups (broad SMARTS) is 1. The predicted molar refractivity (Wildman–Crippen MR) is 110 cm³/mol. The van der Waals surface area contributed by atoms with E-state index in [1.165, 1.54) is 23.5 Å². The molecule has 0 aromatic heterocycles. The summed E-state index contributed by atoms with van der Waals surface area (Å²) < 4.78 is 0. The van der Waals surface area contributed by atoms with Gasteiger partial charge in [-0.15, -0.1) is 0 Å². The molecule has 1 aromatic rings. The van der Waals surface area contributed by atoms with Crippen molar-refractivity contribution in [1.29, 1.82) is 0 Å². The zero-order valence-corrected chi connectivity index (χ0v) is 16.8. The topological polar surface area (TPSA) is 94.8 Å². The number of aliphatic hydroxyl groups excluding tert-OH is 2. The summed E-state index contributed by atoms with van der Waals surface area (Å²) in [6, 6.07) is 9.65. The maximum Gasteiger partial charge on any atom is 0.313 e. The second kappa shape index (κ2) is 11.4. The number of ketones is 1. The van der Waals surface area contributed by atoms with Crippen LogP contribution >= 0.6 is 23.5 Å². The standard InChI is InChI=1S/C20H26O5S2/c21-15(11-14-5-2-1-3-6-14)7-8-16-17(22)12-18(23)20(16)27-10-4-9-26-13-19(24)25/h1-3,5-7,16-17,20-22H,4,8-13H2,(H,24,25)/t16-,17+,20+/m0/s1. The molecular formula is C20H26O5S2. The maximum atomic E-state index is 12.2. The van der Waals surface area contributed by atoms with Crippen LogP contribution in [0.25, 0.3) is 0 Å². The van der Waals surface area contributed by atoms with Gasteiger partial charge in [0.1, 0.15) is 5.78 Å². The third-order valence-corrected chi connectivity index (χ3v) is 6.94. The van der Waals surface area contributed by atoms with Gasteiger partial charge in [0.25, 0.3) is 0 Å². The van der Waals surface area contributed by atoms with Gasteiger partial charge in [-0.05, 0) is 36.0 Å². The molecule has 0 bridgehead atoms. The summed E-state index contributed by atoms with van der Waals surface area (Å²) in [7, 11) is 0. The van der Waals surface area contributed by atoms with Gasteiger partial charge in [0.15, 0.2) is 0 Å². The Hall–Kier alpha value is -1.44. The average Bonchev–Trinajstić information content (AvgIpc) is 2.89. The molecule has 0 amide bonds. The summed E-state index contributed by atoms with van der Waals surface area (Å²) in [5, 5.41) is 28.7. The van der Waals surface area contributed by atoms with E-state index < -0.39 is 12.1 Å². The first kappa shape index (κ1) is 21.9. The normalized spacial score (nSPS) is 22.9. The molecule has 5 nitrogen and oxygen atoms in total. The van der Waals surface area contributed by atoms with Crippen molar-refractivity contribution in [3.63, 3.8) is 0 Å². The molecule has 27 heavy (non-hydrogen) atoms. The Morgan fingerprint density at radius 3 is 2.63 bits per heavy atom. The number of allylic oxidation sites excluding steroid dienone is 2. The molecule has 0 heterocycles. The fourth-order valence-corrected chi connectivity index (χ4v) is 5.33. The van der Waals surface area contributed by atoms with Gasteiger partial charge in [-0.25, -0.2) is 0 Å². The molecule has 1 fully saturated rings. The van der Waals surface area contributed by atoms with Crippen molar-refractivity contribution < 1.29 is 24.9 Å².